The van der Waals surface area contributed by atoms with Crippen LogP contribution in [-0.2, 0) is 4.79 Å². The first-order valence-corrected chi connectivity index (χ1v) is 12.7. The van der Waals surface area contributed by atoms with Crippen LogP contribution < -0.4 is 5.32 Å². The highest BCUT2D eigenvalue weighted by atomic mass is 32.1. The van der Waals surface area contributed by atoms with Gasteiger partial charge in [-0.1, -0.05) is 12.1 Å². The first-order chi connectivity index (χ1) is 16.1. The van der Waals surface area contributed by atoms with Gasteiger partial charge in [0.1, 0.15) is 10.3 Å². The summed E-state index contributed by atoms with van der Waals surface area (Å²) in [6.07, 6.45) is 1.89. The lowest BCUT2D eigenvalue weighted by Gasteiger charge is -2.36. The highest BCUT2D eigenvalue weighted by molar-refractivity contribution is 7.80. The maximum Gasteiger partial charge on any atom is 0.227 e. The second kappa shape index (κ2) is 9.19. The number of hydrogen-bond donors (Lipinski definition) is 1. The van der Waals surface area contributed by atoms with E-state index in [0.29, 0.717) is 11.7 Å². The number of carbonyl (C=O) groups excluding carboxylic acids is 1. The molecule has 0 radical (unpaired) electrons. The molecule has 170 valence electrons. The largest absolute Gasteiger partial charge is 0.348 e. The molecule has 4 aromatic rings. The van der Waals surface area contributed by atoms with E-state index in [0.717, 1.165) is 69.6 Å². The van der Waals surface area contributed by atoms with Crippen molar-refractivity contribution >= 4 is 71.7 Å². The molecule has 8 heteroatoms. The van der Waals surface area contributed by atoms with Gasteiger partial charge in [0.2, 0.25) is 5.91 Å². The lowest BCUT2D eigenvalue weighted by Crippen LogP contribution is -2.47. The SMILES string of the molecule is CCN(CC)C(=O)[C@@H]1CCCN(C(=S)Nc2ccc3sc4nc5ccccc5nc4c3c2)C1. The molecule has 3 heterocycles. The van der Waals surface area contributed by atoms with Crippen molar-refractivity contribution in [1.82, 2.24) is 19.8 Å². The number of nitrogens with zero attached hydrogens (tertiary/aromatic N) is 4. The van der Waals surface area contributed by atoms with E-state index in [4.69, 9.17) is 22.2 Å². The molecule has 0 unspecified atom stereocenters. The average molecular weight is 478 g/mol. The molecule has 1 amide bonds. The van der Waals surface area contributed by atoms with Crippen LogP contribution in [0.15, 0.2) is 42.5 Å². The summed E-state index contributed by atoms with van der Waals surface area (Å²) >= 11 is 7.40. The van der Waals surface area contributed by atoms with Gasteiger partial charge in [-0.15, -0.1) is 11.3 Å². The Kier molecular flexibility index (Phi) is 6.12. The Morgan fingerprint density at radius 2 is 1.94 bits per heavy atom. The van der Waals surface area contributed by atoms with Crippen LogP contribution in [-0.4, -0.2) is 57.0 Å². The molecule has 0 spiro atoms. The number of aromatic nitrogens is 2. The standard InChI is InChI=1S/C25H27N5OS2/c1-3-29(4-2)24(31)16-8-7-13-30(15-16)25(32)26-17-11-12-21-18(14-17)22-23(33-21)28-20-10-6-5-9-19(20)27-22/h5-6,9-12,14,16H,3-4,7-8,13,15H2,1-2H3,(H,26,32)/t16-/m1/s1. The van der Waals surface area contributed by atoms with Gasteiger partial charge in [0.25, 0.3) is 0 Å². The van der Waals surface area contributed by atoms with E-state index in [2.05, 4.69) is 22.3 Å². The fourth-order valence-electron chi connectivity index (χ4n) is 4.58. The van der Waals surface area contributed by atoms with Crippen molar-refractivity contribution in [3.8, 4) is 0 Å². The third kappa shape index (κ3) is 4.25. The second-order valence-electron chi connectivity index (χ2n) is 8.40. The predicted octanol–water partition coefficient (Wildman–Crippen LogP) is 5.27. The van der Waals surface area contributed by atoms with Gasteiger partial charge in [0, 0.05) is 42.0 Å². The zero-order valence-corrected chi connectivity index (χ0v) is 20.5. The molecule has 33 heavy (non-hydrogen) atoms. The van der Waals surface area contributed by atoms with Crippen molar-refractivity contribution in [2.24, 2.45) is 5.92 Å². The van der Waals surface area contributed by atoms with E-state index in [1.165, 1.54) is 0 Å². The highest BCUT2D eigenvalue weighted by Crippen LogP contribution is 2.34. The second-order valence-corrected chi connectivity index (χ2v) is 9.82. The molecule has 6 nitrogen and oxygen atoms in total. The van der Waals surface area contributed by atoms with Gasteiger partial charge in [-0.3, -0.25) is 4.79 Å². The lowest BCUT2D eigenvalue weighted by atomic mass is 9.96. The first kappa shape index (κ1) is 22.0. The number of nitrogens with one attached hydrogen (secondary N) is 1. The van der Waals surface area contributed by atoms with Crippen molar-refractivity contribution in [1.29, 1.82) is 0 Å². The maximum absolute atomic E-state index is 12.8. The number of rotatable bonds is 4. The third-order valence-electron chi connectivity index (χ3n) is 6.36. The van der Waals surface area contributed by atoms with Crippen LogP contribution in [0.3, 0.4) is 0 Å². The minimum Gasteiger partial charge on any atom is -0.348 e. The van der Waals surface area contributed by atoms with Gasteiger partial charge in [-0.2, -0.15) is 0 Å². The minimum absolute atomic E-state index is 0.00486. The number of fused-ring (bicyclic) bond motifs is 4. The third-order valence-corrected chi connectivity index (χ3v) is 7.78. The van der Waals surface area contributed by atoms with Crippen LogP contribution in [0.5, 0.6) is 0 Å². The van der Waals surface area contributed by atoms with Gasteiger partial charge in [0.05, 0.1) is 17.0 Å². The molecule has 0 aliphatic carbocycles. The summed E-state index contributed by atoms with van der Waals surface area (Å²) in [6, 6.07) is 14.2. The molecule has 1 N–H and O–H groups in total. The summed E-state index contributed by atoms with van der Waals surface area (Å²) in [5.74, 6) is 0.245. The molecule has 1 atom stereocenters. The number of hydrogen-bond acceptors (Lipinski definition) is 5. The van der Waals surface area contributed by atoms with Crippen LogP contribution >= 0.6 is 23.6 Å². The van der Waals surface area contributed by atoms with Crippen LogP contribution in [0, 0.1) is 5.92 Å². The molecule has 5 rings (SSSR count). The van der Waals surface area contributed by atoms with Crippen LogP contribution in [0.4, 0.5) is 5.69 Å². The number of likely N-dealkylation sites (tertiary alicyclic amines) is 1. The number of piperidine rings is 1. The van der Waals surface area contributed by atoms with Crippen LogP contribution in [0.2, 0.25) is 0 Å². The van der Waals surface area contributed by atoms with E-state index in [1.54, 1.807) is 11.3 Å². The van der Waals surface area contributed by atoms with E-state index >= 15 is 0 Å². The van der Waals surface area contributed by atoms with Crippen molar-refractivity contribution in [3.05, 3.63) is 42.5 Å². The van der Waals surface area contributed by atoms with E-state index in [9.17, 15) is 4.79 Å². The molecule has 2 aromatic carbocycles. The Morgan fingerprint density at radius 3 is 2.70 bits per heavy atom. The Labute approximate surface area is 202 Å². The fraction of sp³-hybridized carbons (Fsp3) is 0.360. The Morgan fingerprint density at radius 1 is 1.18 bits per heavy atom. The molecule has 1 aliphatic heterocycles. The Bertz CT molecular complexity index is 1350. The number of anilines is 1. The van der Waals surface area contributed by atoms with Crippen LogP contribution in [0.1, 0.15) is 26.7 Å². The van der Waals surface area contributed by atoms with Gasteiger partial charge in [0.15, 0.2) is 5.11 Å². The Hall–Kier alpha value is -2.84. The number of amides is 1. The molecule has 2 aromatic heterocycles. The van der Waals surface area contributed by atoms with Gasteiger partial charge in [-0.25, -0.2) is 9.97 Å². The van der Waals surface area contributed by atoms with Crippen molar-refractivity contribution < 1.29 is 4.79 Å². The minimum atomic E-state index is 0.00486. The number of thiophene rings is 1. The van der Waals surface area contributed by atoms with E-state index in [1.807, 2.05) is 49.1 Å². The van der Waals surface area contributed by atoms with Gasteiger partial charge < -0.3 is 15.1 Å². The number of para-hydroxylation sites is 2. The molecule has 1 saturated heterocycles. The number of thiocarbonyl (C=S) groups is 1. The first-order valence-electron chi connectivity index (χ1n) is 11.5. The van der Waals surface area contributed by atoms with Crippen molar-refractivity contribution in [3.63, 3.8) is 0 Å². The zero-order chi connectivity index (χ0) is 22.9. The summed E-state index contributed by atoms with van der Waals surface area (Å²) in [5.41, 5.74) is 3.66. The average Bonchev–Trinajstić information content (AvgIpc) is 3.20. The number of benzene rings is 2. The van der Waals surface area contributed by atoms with Crippen molar-refractivity contribution in [2.45, 2.75) is 26.7 Å². The molecule has 0 bridgehead atoms. The lowest BCUT2D eigenvalue weighted by molar-refractivity contribution is -0.136. The summed E-state index contributed by atoms with van der Waals surface area (Å²) in [5, 5.41) is 5.15. The van der Waals surface area contributed by atoms with E-state index < -0.39 is 0 Å². The van der Waals surface area contributed by atoms with Gasteiger partial charge in [-0.05, 0) is 69.2 Å². The summed E-state index contributed by atoms with van der Waals surface area (Å²) in [7, 11) is 0. The zero-order valence-electron chi connectivity index (χ0n) is 18.9. The number of carbonyl (C=O) groups is 1. The molecule has 1 aliphatic rings. The molecular formula is C25H27N5OS2. The van der Waals surface area contributed by atoms with E-state index in [-0.39, 0.29) is 11.8 Å². The molecule has 1 fully saturated rings. The van der Waals surface area contributed by atoms with Crippen LogP contribution in [0.25, 0.3) is 31.5 Å². The normalized spacial score (nSPS) is 16.4. The highest BCUT2D eigenvalue weighted by Gasteiger charge is 2.29. The molecular weight excluding hydrogens is 450 g/mol. The maximum atomic E-state index is 12.8. The smallest absolute Gasteiger partial charge is 0.227 e. The quantitative estimate of drug-likeness (QED) is 0.404. The topological polar surface area (TPSA) is 61.4 Å². The molecule has 0 saturated carbocycles. The summed E-state index contributed by atoms with van der Waals surface area (Å²) < 4.78 is 1.15. The van der Waals surface area contributed by atoms with Crippen molar-refractivity contribution in [2.75, 3.05) is 31.5 Å². The monoisotopic (exact) mass is 477 g/mol. The Balaban J connectivity index is 1.37. The summed E-state index contributed by atoms with van der Waals surface area (Å²) in [4.78, 5) is 27.5. The fourth-order valence-corrected chi connectivity index (χ4v) is 5.87. The van der Waals surface area contributed by atoms with Gasteiger partial charge >= 0.3 is 0 Å². The predicted molar refractivity (Wildman–Crippen MR) is 141 cm³/mol. The summed E-state index contributed by atoms with van der Waals surface area (Å²) in [6.45, 7) is 7.11.